The van der Waals surface area contributed by atoms with E-state index < -0.39 is 11.8 Å². The summed E-state index contributed by atoms with van der Waals surface area (Å²) < 4.78 is 17.5. The highest BCUT2D eigenvalue weighted by Crippen LogP contribution is 2.16. The Morgan fingerprint density at radius 1 is 1.53 bits per heavy atom. The van der Waals surface area contributed by atoms with Crippen molar-refractivity contribution in [2.45, 2.75) is 6.42 Å². The fourth-order valence-corrected chi connectivity index (χ4v) is 1.12. The molecule has 0 unspecified atom stereocenters. The van der Waals surface area contributed by atoms with Crippen molar-refractivity contribution < 1.29 is 19.0 Å². The molecule has 0 aliphatic carbocycles. The summed E-state index contributed by atoms with van der Waals surface area (Å²) in [4.78, 5) is 11.3. The number of hydrogen-bond acceptors (Lipinski definition) is 3. The Bertz CT molecular complexity index is 355. The number of esters is 1. The van der Waals surface area contributed by atoms with Gasteiger partial charge in [0.25, 0.3) is 0 Å². The van der Waals surface area contributed by atoms with Crippen molar-refractivity contribution >= 4 is 17.6 Å². The van der Waals surface area contributed by atoms with Crippen molar-refractivity contribution in [1.29, 1.82) is 0 Å². The molecule has 1 rings (SSSR count). The smallest absolute Gasteiger partial charge is 0.338 e. The molecule has 0 saturated carbocycles. The minimum absolute atomic E-state index is 0.0442. The van der Waals surface area contributed by atoms with Gasteiger partial charge in [0.1, 0.15) is 5.82 Å². The third kappa shape index (κ3) is 3.49. The lowest BCUT2D eigenvalue weighted by Crippen LogP contribution is -2.07. The van der Waals surface area contributed by atoms with Gasteiger partial charge in [-0.25, -0.2) is 9.18 Å². The fraction of sp³-hybridized carbons (Fsp3) is 0.300. The van der Waals surface area contributed by atoms with E-state index in [0.717, 1.165) is 6.07 Å². The number of aliphatic hydroxyl groups excluding tert-OH is 1. The van der Waals surface area contributed by atoms with E-state index >= 15 is 0 Å². The molecule has 15 heavy (non-hydrogen) atoms. The summed E-state index contributed by atoms with van der Waals surface area (Å²) in [6, 6.07) is 3.60. The van der Waals surface area contributed by atoms with Gasteiger partial charge in [0.15, 0.2) is 0 Å². The number of halogens is 2. The number of ether oxygens (including phenoxy) is 1. The summed E-state index contributed by atoms with van der Waals surface area (Å²) in [5, 5.41) is 8.35. The zero-order valence-electron chi connectivity index (χ0n) is 7.87. The van der Waals surface area contributed by atoms with Crippen molar-refractivity contribution in [3.8, 4) is 0 Å². The van der Waals surface area contributed by atoms with Gasteiger partial charge in [0.2, 0.25) is 0 Å². The van der Waals surface area contributed by atoms with Gasteiger partial charge >= 0.3 is 5.97 Å². The molecular weight excluding hydrogens is 223 g/mol. The molecule has 82 valence electrons. The molecule has 0 aliphatic rings. The van der Waals surface area contributed by atoms with E-state index in [-0.39, 0.29) is 23.8 Å². The number of rotatable bonds is 4. The average Bonchev–Trinajstić information content (AvgIpc) is 2.22. The number of benzene rings is 1. The lowest BCUT2D eigenvalue weighted by molar-refractivity contribution is 0.0482. The Morgan fingerprint density at radius 2 is 2.27 bits per heavy atom. The van der Waals surface area contributed by atoms with Crippen molar-refractivity contribution in [2.24, 2.45) is 0 Å². The predicted molar refractivity (Wildman–Crippen MR) is 53.4 cm³/mol. The molecule has 0 fully saturated rings. The molecule has 1 aromatic rings. The topological polar surface area (TPSA) is 46.5 Å². The second kappa shape index (κ2) is 5.68. The third-order valence-electron chi connectivity index (χ3n) is 1.69. The molecule has 0 aromatic heterocycles. The largest absolute Gasteiger partial charge is 0.462 e. The Balaban J connectivity index is 2.62. The molecule has 5 heteroatoms. The molecule has 3 nitrogen and oxygen atoms in total. The van der Waals surface area contributed by atoms with Crippen molar-refractivity contribution in [2.75, 3.05) is 13.2 Å². The SMILES string of the molecule is O=C(OCCCO)c1ccc(F)c(Cl)c1. The Hall–Kier alpha value is -1.13. The molecule has 0 aliphatic heterocycles. The summed E-state index contributed by atoms with van der Waals surface area (Å²) >= 11 is 5.50. The Kier molecular flexibility index (Phi) is 4.52. The van der Waals surface area contributed by atoms with Crippen LogP contribution in [-0.4, -0.2) is 24.3 Å². The summed E-state index contributed by atoms with van der Waals surface area (Å²) in [7, 11) is 0. The first-order valence-electron chi connectivity index (χ1n) is 4.38. The molecule has 0 spiro atoms. The minimum Gasteiger partial charge on any atom is -0.462 e. The lowest BCUT2D eigenvalue weighted by Gasteiger charge is -2.03. The molecule has 1 N–H and O–H groups in total. The quantitative estimate of drug-likeness (QED) is 0.638. The molecule has 0 amide bonds. The second-order valence-corrected chi connectivity index (χ2v) is 3.25. The van der Waals surface area contributed by atoms with Crippen LogP contribution in [0.25, 0.3) is 0 Å². The van der Waals surface area contributed by atoms with Gasteiger partial charge in [-0.05, 0) is 18.2 Å². The van der Waals surface area contributed by atoms with Crippen LogP contribution < -0.4 is 0 Å². The van der Waals surface area contributed by atoms with Crippen LogP contribution in [0.4, 0.5) is 4.39 Å². The number of hydrogen-bond donors (Lipinski definition) is 1. The Labute approximate surface area is 91.4 Å². The average molecular weight is 233 g/mol. The van der Waals surface area contributed by atoms with Crippen LogP contribution in [0.2, 0.25) is 5.02 Å². The lowest BCUT2D eigenvalue weighted by atomic mass is 10.2. The van der Waals surface area contributed by atoms with Crippen LogP contribution in [0.15, 0.2) is 18.2 Å². The van der Waals surface area contributed by atoms with Crippen molar-refractivity contribution in [3.63, 3.8) is 0 Å². The van der Waals surface area contributed by atoms with Gasteiger partial charge in [-0.1, -0.05) is 11.6 Å². The zero-order chi connectivity index (χ0) is 11.3. The summed E-state index contributed by atoms with van der Waals surface area (Å²) in [5.74, 6) is -1.16. The van der Waals surface area contributed by atoms with E-state index in [1.165, 1.54) is 12.1 Å². The Morgan fingerprint density at radius 3 is 2.87 bits per heavy atom. The summed E-state index contributed by atoms with van der Waals surface area (Å²) in [6.07, 6.45) is 0.376. The first-order chi connectivity index (χ1) is 7.15. The molecule has 1 aromatic carbocycles. The zero-order valence-corrected chi connectivity index (χ0v) is 8.63. The standard InChI is InChI=1S/C10H10ClFO3/c11-8-6-7(2-3-9(8)12)10(14)15-5-1-4-13/h2-3,6,13H,1,4-5H2. The van der Waals surface area contributed by atoms with E-state index in [1.54, 1.807) is 0 Å². The van der Waals surface area contributed by atoms with Gasteiger partial charge in [-0.3, -0.25) is 0 Å². The van der Waals surface area contributed by atoms with E-state index in [0.29, 0.717) is 6.42 Å². The van der Waals surface area contributed by atoms with E-state index in [4.69, 9.17) is 21.4 Å². The second-order valence-electron chi connectivity index (χ2n) is 2.84. The first-order valence-corrected chi connectivity index (χ1v) is 4.76. The number of carbonyl (C=O) groups is 1. The van der Waals surface area contributed by atoms with Crippen molar-refractivity contribution in [3.05, 3.63) is 34.6 Å². The highest BCUT2D eigenvalue weighted by molar-refractivity contribution is 6.31. The fourth-order valence-electron chi connectivity index (χ4n) is 0.936. The maximum Gasteiger partial charge on any atom is 0.338 e. The molecule has 0 atom stereocenters. The maximum absolute atomic E-state index is 12.8. The third-order valence-corrected chi connectivity index (χ3v) is 1.98. The van der Waals surface area contributed by atoms with Crippen LogP contribution in [0.3, 0.4) is 0 Å². The van der Waals surface area contributed by atoms with Crippen LogP contribution in [-0.2, 0) is 4.74 Å². The van der Waals surface area contributed by atoms with Crippen LogP contribution in [0, 0.1) is 5.82 Å². The monoisotopic (exact) mass is 232 g/mol. The van der Waals surface area contributed by atoms with Gasteiger partial charge in [0.05, 0.1) is 17.2 Å². The van der Waals surface area contributed by atoms with Gasteiger partial charge in [0, 0.05) is 13.0 Å². The van der Waals surface area contributed by atoms with Gasteiger partial charge in [-0.2, -0.15) is 0 Å². The number of aliphatic hydroxyl groups is 1. The molecule has 0 bridgehead atoms. The first kappa shape index (κ1) is 11.9. The van der Waals surface area contributed by atoms with E-state index in [9.17, 15) is 9.18 Å². The minimum atomic E-state index is -0.580. The predicted octanol–water partition coefficient (Wildman–Crippen LogP) is 2.02. The molecule has 0 saturated heterocycles. The number of carbonyl (C=O) groups excluding carboxylic acids is 1. The van der Waals surface area contributed by atoms with Crippen LogP contribution >= 0.6 is 11.6 Å². The van der Waals surface area contributed by atoms with E-state index in [1.807, 2.05) is 0 Å². The van der Waals surface area contributed by atoms with Crippen LogP contribution in [0.5, 0.6) is 0 Å². The summed E-state index contributed by atoms with van der Waals surface area (Å²) in [6.45, 7) is 0.0851. The maximum atomic E-state index is 12.8. The van der Waals surface area contributed by atoms with Crippen LogP contribution in [0.1, 0.15) is 16.8 Å². The molecular formula is C10H10ClFO3. The molecule has 0 radical (unpaired) electrons. The van der Waals surface area contributed by atoms with Crippen molar-refractivity contribution in [1.82, 2.24) is 0 Å². The summed E-state index contributed by atoms with van der Waals surface area (Å²) in [5.41, 5.74) is 0.194. The van der Waals surface area contributed by atoms with Gasteiger partial charge < -0.3 is 9.84 Å². The molecule has 0 heterocycles. The highest BCUT2D eigenvalue weighted by atomic mass is 35.5. The van der Waals surface area contributed by atoms with E-state index in [2.05, 4.69) is 0 Å². The normalized spacial score (nSPS) is 10.1. The highest BCUT2D eigenvalue weighted by Gasteiger charge is 2.09. The van der Waals surface area contributed by atoms with Gasteiger partial charge in [-0.15, -0.1) is 0 Å².